The van der Waals surface area contributed by atoms with Gasteiger partial charge in [0.15, 0.2) is 12.3 Å². The normalized spacial score (nSPS) is 11.4. The van der Waals surface area contributed by atoms with Crippen molar-refractivity contribution in [2.75, 3.05) is 6.61 Å². The average Bonchev–Trinajstić information content (AvgIpc) is 2.99. The van der Waals surface area contributed by atoms with Gasteiger partial charge >= 0.3 is 5.91 Å². The largest absolute Gasteiger partial charge is 0.493 e. The van der Waals surface area contributed by atoms with Crippen LogP contribution in [-0.4, -0.2) is 27.5 Å². The van der Waals surface area contributed by atoms with E-state index in [1.807, 2.05) is 12.1 Å². The molecule has 2 N–H and O–H groups in total. The molecule has 0 saturated carbocycles. The Morgan fingerprint density at radius 1 is 1.25 bits per heavy atom. The Hall–Kier alpha value is -3.75. The zero-order chi connectivity index (χ0) is 20.3. The Kier molecular flexibility index (Phi) is 5.35. The summed E-state index contributed by atoms with van der Waals surface area (Å²) < 4.78 is 5.38. The summed E-state index contributed by atoms with van der Waals surface area (Å²) in [6, 6.07) is 11.4. The molecule has 0 radical (unpaired) electrons. The minimum atomic E-state index is -0.660. The molecule has 1 heterocycles. The first kappa shape index (κ1) is 19.0. The first-order valence-electron chi connectivity index (χ1n) is 8.51. The zero-order valence-electron chi connectivity index (χ0n) is 15.2. The number of benzene rings is 2. The van der Waals surface area contributed by atoms with Crippen molar-refractivity contribution in [1.29, 1.82) is 0 Å². The average molecular weight is 382 g/mol. The van der Waals surface area contributed by atoms with E-state index in [0.29, 0.717) is 17.2 Å². The molecule has 2 aromatic carbocycles. The summed E-state index contributed by atoms with van der Waals surface area (Å²) in [4.78, 5) is 24.9. The number of non-ortho nitro benzene ring substituents is 1. The fourth-order valence-corrected chi connectivity index (χ4v) is 2.59. The van der Waals surface area contributed by atoms with E-state index in [1.54, 1.807) is 12.1 Å². The molecule has 1 aromatic heterocycles. The number of aromatic nitrogens is 1. The van der Waals surface area contributed by atoms with Crippen LogP contribution < -0.4 is 4.74 Å². The third-order valence-corrected chi connectivity index (χ3v) is 4.12. The van der Waals surface area contributed by atoms with Crippen molar-refractivity contribution in [2.45, 2.75) is 19.8 Å². The lowest BCUT2D eigenvalue weighted by Gasteiger charge is -2.07. The fraction of sp³-hybridized carbons (Fsp3) is 0.211. The molecule has 0 saturated heterocycles. The number of hydrogen-bond acceptors (Lipinski definition) is 6. The van der Waals surface area contributed by atoms with Crippen LogP contribution in [0.4, 0.5) is 11.4 Å². The summed E-state index contributed by atoms with van der Waals surface area (Å²) in [5.41, 5.74) is 1.38. The van der Waals surface area contributed by atoms with Gasteiger partial charge in [0.2, 0.25) is 5.88 Å². The molecule has 9 heteroatoms. The van der Waals surface area contributed by atoms with Gasteiger partial charge in [0.05, 0.1) is 10.4 Å². The number of hydrogen-bond donors (Lipinski definition) is 2. The van der Waals surface area contributed by atoms with Gasteiger partial charge < -0.3 is 14.8 Å². The van der Waals surface area contributed by atoms with Crippen molar-refractivity contribution in [2.24, 2.45) is 10.2 Å². The van der Waals surface area contributed by atoms with E-state index in [1.165, 1.54) is 18.2 Å². The predicted octanol–water partition coefficient (Wildman–Crippen LogP) is 4.59. The van der Waals surface area contributed by atoms with Crippen LogP contribution in [0.3, 0.4) is 0 Å². The van der Waals surface area contributed by atoms with Crippen molar-refractivity contribution in [1.82, 2.24) is 4.98 Å². The van der Waals surface area contributed by atoms with Gasteiger partial charge in [0, 0.05) is 17.5 Å². The number of aromatic hydroxyl groups is 1. The number of H-pyrrole nitrogens is 1. The van der Waals surface area contributed by atoms with Crippen molar-refractivity contribution in [3.8, 4) is 11.6 Å². The Morgan fingerprint density at radius 3 is 2.61 bits per heavy atom. The van der Waals surface area contributed by atoms with Crippen LogP contribution in [0.25, 0.3) is 10.9 Å². The van der Waals surface area contributed by atoms with E-state index >= 15 is 0 Å². The smallest absolute Gasteiger partial charge is 0.302 e. The second-order valence-corrected chi connectivity index (χ2v) is 6.42. The second-order valence-electron chi connectivity index (χ2n) is 6.42. The number of nitrogens with one attached hydrogen (secondary N) is 1. The molecule has 0 aliphatic heterocycles. The number of aromatic amines is 1. The molecule has 0 atom stereocenters. The first-order valence-corrected chi connectivity index (χ1v) is 8.51. The summed E-state index contributed by atoms with van der Waals surface area (Å²) in [6.07, 6.45) is 0. The highest BCUT2D eigenvalue weighted by molar-refractivity contribution is 5.95. The maximum Gasteiger partial charge on any atom is 0.302 e. The molecule has 144 valence electrons. The Balaban J connectivity index is 1.70. The van der Waals surface area contributed by atoms with Crippen molar-refractivity contribution in [3.63, 3.8) is 0 Å². The monoisotopic (exact) mass is 382 g/mol. The number of rotatable bonds is 6. The number of azo groups is 1. The molecule has 0 fully saturated rings. The number of nitro groups is 1. The minimum Gasteiger partial charge on any atom is -0.493 e. The van der Waals surface area contributed by atoms with E-state index in [4.69, 9.17) is 4.74 Å². The summed E-state index contributed by atoms with van der Waals surface area (Å²) in [5, 5.41) is 28.4. The maximum absolute atomic E-state index is 11.9. The van der Waals surface area contributed by atoms with E-state index < -0.39 is 10.8 Å². The lowest BCUT2D eigenvalue weighted by Crippen LogP contribution is -2.07. The highest BCUT2D eigenvalue weighted by atomic mass is 16.6. The first-order chi connectivity index (χ1) is 13.3. The summed E-state index contributed by atoms with van der Waals surface area (Å²) in [6.45, 7) is 3.83. The lowest BCUT2D eigenvalue weighted by molar-refractivity contribution is -0.384. The predicted molar refractivity (Wildman–Crippen MR) is 102 cm³/mol. The number of nitro benzene ring substituents is 1. The third kappa shape index (κ3) is 4.14. The number of nitrogens with zero attached hydrogens (tertiary/aromatic N) is 3. The molecule has 0 aliphatic carbocycles. The highest BCUT2D eigenvalue weighted by Crippen LogP contribution is 2.37. The second kappa shape index (κ2) is 7.87. The third-order valence-electron chi connectivity index (χ3n) is 4.12. The van der Waals surface area contributed by atoms with Gasteiger partial charge in [-0.25, -0.2) is 0 Å². The van der Waals surface area contributed by atoms with Crippen LogP contribution in [0.1, 0.15) is 25.3 Å². The fourth-order valence-electron chi connectivity index (χ4n) is 2.59. The molecule has 28 heavy (non-hydrogen) atoms. The number of ether oxygens (including phenoxy) is 1. The molecule has 3 aromatic rings. The molecule has 1 amide bonds. The van der Waals surface area contributed by atoms with Gasteiger partial charge in [-0.2, -0.15) is 0 Å². The lowest BCUT2D eigenvalue weighted by atomic mass is 10.0. The molecular formula is C19H18N4O5. The van der Waals surface area contributed by atoms with Crippen LogP contribution in [-0.2, 0) is 4.79 Å². The number of carbonyl (C=O) groups is 1. The van der Waals surface area contributed by atoms with Gasteiger partial charge in [-0.3, -0.25) is 14.9 Å². The molecule has 3 rings (SSSR count). The molecule has 0 spiro atoms. The summed E-state index contributed by atoms with van der Waals surface area (Å²) in [5.74, 6) is -0.0768. The Bertz CT molecular complexity index is 1050. The van der Waals surface area contributed by atoms with Crippen molar-refractivity contribution >= 4 is 28.2 Å². The molecule has 9 nitrogen and oxygen atoms in total. The Labute approximate surface area is 159 Å². The van der Waals surface area contributed by atoms with Gasteiger partial charge in [-0.15, -0.1) is 10.2 Å². The number of amides is 1. The van der Waals surface area contributed by atoms with E-state index in [9.17, 15) is 20.0 Å². The van der Waals surface area contributed by atoms with E-state index in [0.717, 1.165) is 5.56 Å². The van der Waals surface area contributed by atoms with Crippen LogP contribution in [0.15, 0.2) is 52.7 Å². The van der Waals surface area contributed by atoms with E-state index in [-0.39, 0.29) is 29.2 Å². The summed E-state index contributed by atoms with van der Waals surface area (Å²) >= 11 is 0. The van der Waals surface area contributed by atoms with Crippen LogP contribution in [0, 0.1) is 10.1 Å². The minimum absolute atomic E-state index is 0.0478. The van der Waals surface area contributed by atoms with Gasteiger partial charge in [-0.05, 0) is 29.7 Å². The quantitative estimate of drug-likeness (QED) is 0.366. The molecule has 0 bridgehead atoms. The van der Waals surface area contributed by atoms with Gasteiger partial charge in [0.25, 0.3) is 5.69 Å². The number of fused-ring (bicyclic) bond motifs is 1. The zero-order valence-corrected chi connectivity index (χ0v) is 15.2. The number of carbonyl (C=O) groups excluding carboxylic acids is 1. The van der Waals surface area contributed by atoms with Gasteiger partial charge in [0.1, 0.15) is 5.75 Å². The topological polar surface area (TPSA) is 130 Å². The van der Waals surface area contributed by atoms with Crippen LogP contribution >= 0.6 is 0 Å². The van der Waals surface area contributed by atoms with Crippen molar-refractivity contribution in [3.05, 3.63) is 58.1 Å². The van der Waals surface area contributed by atoms with Crippen LogP contribution in [0.5, 0.6) is 11.6 Å². The Morgan fingerprint density at radius 2 is 1.96 bits per heavy atom. The molecule has 0 aliphatic rings. The maximum atomic E-state index is 11.9. The van der Waals surface area contributed by atoms with Gasteiger partial charge in [-0.1, -0.05) is 26.0 Å². The SMILES string of the molecule is CC(C)c1ccc(OCC(=O)N=Nc2c(O)[nH]c3ccc([N+](=O)[O-])cc23)cc1. The van der Waals surface area contributed by atoms with Crippen LogP contribution in [0.2, 0.25) is 0 Å². The molecule has 0 unspecified atom stereocenters. The van der Waals surface area contributed by atoms with E-state index in [2.05, 4.69) is 29.1 Å². The highest BCUT2D eigenvalue weighted by Gasteiger charge is 2.15. The van der Waals surface area contributed by atoms with Crippen molar-refractivity contribution < 1.29 is 19.6 Å². The standard InChI is InChI=1S/C19H18N4O5/c1-11(2)12-3-6-14(7-4-12)28-10-17(24)21-22-18-15-9-13(23(26)27)5-8-16(15)20-19(18)25/h3-9,11,20,25H,10H2,1-2H3. The summed E-state index contributed by atoms with van der Waals surface area (Å²) in [7, 11) is 0. The molecular weight excluding hydrogens is 364 g/mol.